The van der Waals surface area contributed by atoms with Crippen LogP contribution in [-0.4, -0.2) is 26.9 Å². The maximum Gasteiger partial charge on any atom is 0.337 e. The molecule has 110 valence electrons. The van der Waals surface area contributed by atoms with Crippen LogP contribution in [0.1, 0.15) is 16.1 Å². The first-order valence-electron chi connectivity index (χ1n) is 6.02. The Bertz CT molecular complexity index is 684. The Morgan fingerprint density at radius 3 is 2.76 bits per heavy atom. The highest BCUT2D eigenvalue weighted by molar-refractivity contribution is 9.10. The van der Waals surface area contributed by atoms with Crippen LogP contribution in [0.25, 0.3) is 0 Å². The van der Waals surface area contributed by atoms with Gasteiger partial charge >= 0.3 is 12.0 Å². The fourth-order valence-electron chi connectivity index (χ4n) is 1.72. The molecule has 1 heterocycles. The van der Waals surface area contributed by atoms with Crippen molar-refractivity contribution in [2.75, 3.05) is 5.32 Å². The largest absolute Gasteiger partial charge is 0.478 e. The lowest BCUT2D eigenvalue weighted by Gasteiger charge is -2.11. The van der Waals surface area contributed by atoms with E-state index in [1.54, 1.807) is 36.1 Å². The lowest BCUT2D eigenvalue weighted by molar-refractivity contribution is 0.0698. The number of carboxylic acids is 1. The summed E-state index contributed by atoms with van der Waals surface area (Å²) >= 11 is 3.22. The van der Waals surface area contributed by atoms with E-state index in [0.717, 1.165) is 0 Å². The van der Waals surface area contributed by atoms with E-state index in [1.165, 1.54) is 6.07 Å². The van der Waals surface area contributed by atoms with Gasteiger partial charge in [0.2, 0.25) is 0 Å². The van der Waals surface area contributed by atoms with E-state index in [2.05, 4.69) is 31.7 Å². The van der Waals surface area contributed by atoms with E-state index < -0.39 is 12.0 Å². The first-order chi connectivity index (χ1) is 9.97. The molecule has 2 aromatic rings. The quantitative estimate of drug-likeness (QED) is 0.785. The van der Waals surface area contributed by atoms with Crippen LogP contribution in [0.15, 0.2) is 34.9 Å². The molecule has 0 fully saturated rings. The summed E-state index contributed by atoms with van der Waals surface area (Å²) in [4.78, 5) is 23.0. The molecule has 0 aliphatic carbocycles. The molecule has 0 saturated heterocycles. The number of para-hydroxylation sites is 1. The minimum atomic E-state index is -1.11. The topological polar surface area (TPSA) is 96.2 Å². The monoisotopic (exact) mass is 352 g/mol. The van der Waals surface area contributed by atoms with E-state index in [-0.39, 0.29) is 17.8 Å². The van der Waals surface area contributed by atoms with Gasteiger partial charge in [0.1, 0.15) is 0 Å². The van der Waals surface area contributed by atoms with Gasteiger partial charge in [-0.3, -0.25) is 4.68 Å². The molecule has 1 aromatic carbocycles. The van der Waals surface area contributed by atoms with E-state index in [0.29, 0.717) is 10.2 Å². The summed E-state index contributed by atoms with van der Waals surface area (Å²) in [5.74, 6) is -1.11. The molecular formula is C13H13BrN4O3. The van der Waals surface area contributed by atoms with Gasteiger partial charge in [0.15, 0.2) is 0 Å². The summed E-state index contributed by atoms with van der Waals surface area (Å²) in [6.07, 6.45) is 1.77. The number of carbonyl (C=O) groups excluding carboxylic acids is 1. The predicted octanol–water partition coefficient (Wildman–Crippen LogP) is 2.20. The molecule has 8 heteroatoms. The molecule has 0 unspecified atom stereocenters. The molecule has 21 heavy (non-hydrogen) atoms. The molecule has 0 radical (unpaired) electrons. The Hall–Kier alpha value is -2.35. The van der Waals surface area contributed by atoms with Gasteiger partial charge in [-0.1, -0.05) is 6.07 Å². The maximum absolute atomic E-state index is 11.8. The maximum atomic E-state index is 11.8. The molecule has 0 aliphatic heterocycles. The first-order valence-corrected chi connectivity index (χ1v) is 6.82. The number of carbonyl (C=O) groups is 2. The van der Waals surface area contributed by atoms with Crippen LogP contribution in [0.5, 0.6) is 0 Å². The van der Waals surface area contributed by atoms with Crippen molar-refractivity contribution in [1.29, 1.82) is 0 Å². The number of aromatic carboxylic acids is 1. The standard InChI is InChI=1S/C13H13BrN4O3/c1-18-6-5-8(17-18)7-15-13(21)16-11-9(12(19)20)3-2-4-10(11)14/h2-6H,7H2,1H3,(H,19,20)(H2,15,16,21). The van der Waals surface area contributed by atoms with Crippen molar-refractivity contribution in [3.05, 3.63) is 46.2 Å². The molecule has 0 spiro atoms. The number of carboxylic acid groups (broad SMARTS) is 1. The summed E-state index contributed by atoms with van der Waals surface area (Å²) in [6.45, 7) is 0.250. The number of hydrogen-bond acceptors (Lipinski definition) is 3. The minimum Gasteiger partial charge on any atom is -0.478 e. The van der Waals surface area contributed by atoms with Crippen LogP contribution < -0.4 is 10.6 Å². The highest BCUT2D eigenvalue weighted by atomic mass is 79.9. The van der Waals surface area contributed by atoms with E-state index in [4.69, 9.17) is 5.11 Å². The predicted molar refractivity (Wildman–Crippen MR) is 80.2 cm³/mol. The number of anilines is 1. The third-order valence-electron chi connectivity index (χ3n) is 2.68. The van der Waals surface area contributed by atoms with Crippen molar-refractivity contribution in [2.24, 2.45) is 7.05 Å². The van der Waals surface area contributed by atoms with E-state index in [9.17, 15) is 9.59 Å². The van der Waals surface area contributed by atoms with Crippen molar-refractivity contribution in [3.8, 4) is 0 Å². The van der Waals surface area contributed by atoms with Gasteiger partial charge in [0.25, 0.3) is 0 Å². The van der Waals surface area contributed by atoms with Crippen molar-refractivity contribution in [3.63, 3.8) is 0 Å². The molecule has 0 atom stereocenters. The molecular weight excluding hydrogens is 340 g/mol. The fourth-order valence-corrected chi connectivity index (χ4v) is 2.18. The van der Waals surface area contributed by atoms with Crippen LogP contribution in [0.2, 0.25) is 0 Å². The third-order valence-corrected chi connectivity index (χ3v) is 3.34. The summed E-state index contributed by atoms with van der Waals surface area (Å²) in [5, 5.41) is 18.4. The van der Waals surface area contributed by atoms with Gasteiger partial charge in [-0.15, -0.1) is 0 Å². The van der Waals surface area contributed by atoms with Crippen LogP contribution in [0.4, 0.5) is 10.5 Å². The van der Waals surface area contributed by atoms with Crippen LogP contribution in [0, 0.1) is 0 Å². The second-order valence-corrected chi connectivity index (χ2v) is 5.11. The number of amides is 2. The number of benzene rings is 1. The minimum absolute atomic E-state index is 0.0114. The van der Waals surface area contributed by atoms with Gasteiger partial charge in [-0.05, 0) is 34.1 Å². The lowest BCUT2D eigenvalue weighted by Crippen LogP contribution is -2.29. The van der Waals surface area contributed by atoms with Crippen molar-refractivity contribution < 1.29 is 14.7 Å². The van der Waals surface area contributed by atoms with Crippen molar-refractivity contribution in [1.82, 2.24) is 15.1 Å². The van der Waals surface area contributed by atoms with Gasteiger partial charge in [0.05, 0.1) is 23.5 Å². The Balaban J connectivity index is 2.04. The zero-order valence-corrected chi connectivity index (χ0v) is 12.7. The average molecular weight is 353 g/mol. The average Bonchev–Trinajstić information content (AvgIpc) is 2.84. The first kappa shape index (κ1) is 15.0. The third kappa shape index (κ3) is 3.82. The molecule has 7 nitrogen and oxygen atoms in total. The number of nitrogens with zero attached hydrogens (tertiary/aromatic N) is 2. The number of halogens is 1. The number of aryl methyl sites for hydroxylation is 1. The smallest absolute Gasteiger partial charge is 0.337 e. The Morgan fingerprint density at radius 2 is 2.14 bits per heavy atom. The number of urea groups is 1. The molecule has 0 aliphatic rings. The van der Waals surface area contributed by atoms with Crippen molar-refractivity contribution in [2.45, 2.75) is 6.54 Å². The zero-order chi connectivity index (χ0) is 15.4. The number of hydrogen-bond donors (Lipinski definition) is 3. The molecule has 2 rings (SSSR count). The Labute approximate surface area is 129 Å². The second-order valence-electron chi connectivity index (χ2n) is 4.26. The van der Waals surface area contributed by atoms with Gasteiger partial charge in [-0.2, -0.15) is 5.10 Å². The molecule has 0 saturated carbocycles. The SMILES string of the molecule is Cn1ccc(CNC(=O)Nc2c(Br)cccc2C(=O)O)n1. The zero-order valence-electron chi connectivity index (χ0n) is 11.1. The van der Waals surface area contributed by atoms with Gasteiger partial charge in [0, 0.05) is 17.7 Å². The summed E-state index contributed by atoms with van der Waals surface area (Å²) in [6, 6.07) is 5.93. The van der Waals surface area contributed by atoms with Crippen LogP contribution in [-0.2, 0) is 13.6 Å². The van der Waals surface area contributed by atoms with Crippen LogP contribution in [0.3, 0.4) is 0 Å². The normalized spacial score (nSPS) is 10.2. The highest BCUT2D eigenvalue weighted by Gasteiger charge is 2.15. The Kier molecular flexibility index (Phi) is 4.59. The fraction of sp³-hybridized carbons (Fsp3) is 0.154. The number of nitrogens with one attached hydrogen (secondary N) is 2. The van der Waals surface area contributed by atoms with Gasteiger partial charge in [-0.25, -0.2) is 9.59 Å². The van der Waals surface area contributed by atoms with E-state index in [1.807, 2.05) is 0 Å². The molecule has 0 bridgehead atoms. The van der Waals surface area contributed by atoms with Gasteiger partial charge < -0.3 is 15.7 Å². The van der Waals surface area contributed by atoms with E-state index >= 15 is 0 Å². The number of rotatable bonds is 4. The van der Waals surface area contributed by atoms with Crippen LogP contribution >= 0.6 is 15.9 Å². The molecule has 3 N–H and O–H groups in total. The summed E-state index contributed by atoms with van der Waals surface area (Å²) < 4.78 is 2.13. The lowest BCUT2D eigenvalue weighted by atomic mass is 10.2. The molecule has 1 aromatic heterocycles. The number of aromatic nitrogens is 2. The highest BCUT2D eigenvalue weighted by Crippen LogP contribution is 2.26. The molecule has 2 amide bonds. The second kappa shape index (κ2) is 6.40. The summed E-state index contributed by atoms with van der Waals surface area (Å²) in [7, 11) is 1.78. The Morgan fingerprint density at radius 1 is 1.38 bits per heavy atom. The summed E-state index contributed by atoms with van der Waals surface area (Å²) in [5.41, 5.74) is 0.930. The van der Waals surface area contributed by atoms with Crippen molar-refractivity contribution >= 4 is 33.6 Å².